The summed E-state index contributed by atoms with van der Waals surface area (Å²) in [5.41, 5.74) is 0. The van der Waals surface area contributed by atoms with Gasteiger partial charge in [0.15, 0.2) is 0 Å². The minimum Gasteiger partial charge on any atom is -0.347 e. The zero-order valence-corrected chi connectivity index (χ0v) is 12.9. The number of amides is 1. The average Bonchev–Trinajstić information content (AvgIpc) is 2.18. The van der Waals surface area contributed by atoms with Crippen molar-refractivity contribution in [2.24, 2.45) is 17.8 Å². The highest BCUT2D eigenvalue weighted by Gasteiger charge is 2.34. The van der Waals surface area contributed by atoms with Gasteiger partial charge >= 0.3 is 0 Å². The van der Waals surface area contributed by atoms with Crippen molar-refractivity contribution >= 4 is 5.91 Å². The van der Waals surface area contributed by atoms with Crippen LogP contribution in [0.25, 0.3) is 0 Å². The fourth-order valence-electron chi connectivity index (χ4n) is 2.65. The van der Waals surface area contributed by atoms with Gasteiger partial charge in [0.25, 0.3) is 0 Å². The van der Waals surface area contributed by atoms with Crippen LogP contribution in [0.5, 0.6) is 0 Å². The molecule has 1 atom stereocenters. The van der Waals surface area contributed by atoms with E-state index in [1.807, 2.05) is 14.1 Å². The maximum Gasteiger partial charge on any atom is 0.239 e. The third-order valence-corrected chi connectivity index (χ3v) is 4.00. The van der Waals surface area contributed by atoms with Crippen molar-refractivity contribution in [3.63, 3.8) is 0 Å². The molecular formula is C15H30N2O. The molecule has 0 bridgehead atoms. The summed E-state index contributed by atoms with van der Waals surface area (Å²) < 4.78 is 0. The summed E-state index contributed by atoms with van der Waals surface area (Å²) in [6.45, 7) is 8.93. The number of carbonyl (C=O) groups excluding carboxylic acids is 1. The lowest BCUT2D eigenvalue weighted by Crippen LogP contribution is -2.53. The maximum absolute atomic E-state index is 12.1. The summed E-state index contributed by atoms with van der Waals surface area (Å²) in [6, 6.07) is 0.545. The number of hydrogen-bond donors (Lipinski definition) is 1. The van der Waals surface area contributed by atoms with Crippen LogP contribution in [0.3, 0.4) is 0 Å². The van der Waals surface area contributed by atoms with Gasteiger partial charge in [-0.25, -0.2) is 0 Å². The Morgan fingerprint density at radius 1 is 1.22 bits per heavy atom. The summed E-state index contributed by atoms with van der Waals surface area (Å²) >= 11 is 0. The average molecular weight is 254 g/mol. The molecule has 1 unspecified atom stereocenters. The Kier molecular flexibility index (Phi) is 5.64. The van der Waals surface area contributed by atoms with E-state index in [1.54, 1.807) is 4.90 Å². The van der Waals surface area contributed by atoms with E-state index >= 15 is 0 Å². The SMILES string of the molecule is CC(C)CC(NC1CC(C(C)C)C1)C(=O)N(C)C. The molecule has 0 aliphatic heterocycles. The van der Waals surface area contributed by atoms with Crippen LogP contribution in [0.4, 0.5) is 0 Å². The number of hydrogen-bond acceptors (Lipinski definition) is 2. The predicted molar refractivity (Wildman–Crippen MR) is 76.4 cm³/mol. The van der Waals surface area contributed by atoms with E-state index in [4.69, 9.17) is 0 Å². The van der Waals surface area contributed by atoms with Crippen molar-refractivity contribution in [3.05, 3.63) is 0 Å². The molecule has 1 aliphatic carbocycles. The maximum atomic E-state index is 12.1. The van der Waals surface area contributed by atoms with Crippen LogP contribution in [0.1, 0.15) is 47.0 Å². The highest BCUT2D eigenvalue weighted by Crippen LogP contribution is 2.34. The second kappa shape index (κ2) is 6.55. The summed E-state index contributed by atoms with van der Waals surface area (Å²) in [7, 11) is 3.68. The molecule has 1 amide bonds. The van der Waals surface area contributed by atoms with Crippen LogP contribution in [0.15, 0.2) is 0 Å². The van der Waals surface area contributed by atoms with E-state index in [2.05, 4.69) is 33.0 Å². The Hall–Kier alpha value is -0.570. The van der Waals surface area contributed by atoms with Gasteiger partial charge in [-0.05, 0) is 37.0 Å². The Morgan fingerprint density at radius 2 is 1.78 bits per heavy atom. The standard InChI is InChI=1S/C15H30N2O/c1-10(2)7-14(15(18)17(5)6)16-13-8-12(9-13)11(3)4/h10-14,16H,7-9H2,1-6H3. The second-order valence-corrected chi connectivity index (χ2v) is 6.75. The van der Waals surface area contributed by atoms with Crippen molar-refractivity contribution in [1.82, 2.24) is 10.2 Å². The van der Waals surface area contributed by atoms with Crippen LogP contribution in [0, 0.1) is 17.8 Å². The fourth-order valence-corrected chi connectivity index (χ4v) is 2.65. The van der Waals surface area contributed by atoms with E-state index in [1.165, 1.54) is 12.8 Å². The number of rotatable bonds is 6. The van der Waals surface area contributed by atoms with Crippen molar-refractivity contribution in [1.29, 1.82) is 0 Å². The minimum atomic E-state index is -0.00175. The third kappa shape index (κ3) is 4.27. The molecular weight excluding hydrogens is 224 g/mol. The van der Waals surface area contributed by atoms with Crippen molar-refractivity contribution < 1.29 is 4.79 Å². The van der Waals surface area contributed by atoms with E-state index in [0.717, 1.165) is 18.3 Å². The molecule has 0 aromatic carbocycles. The minimum absolute atomic E-state index is 0.00175. The Morgan fingerprint density at radius 3 is 2.17 bits per heavy atom. The van der Waals surface area contributed by atoms with E-state index < -0.39 is 0 Å². The molecule has 18 heavy (non-hydrogen) atoms. The molecule has 0 spiro atoms. The fraction of sp³-hybridized carbons (Fsp3) is 0.933. The summed E-state index contributed by atoms with van der Waals surface area (Å²) in [5, 5.41) is 3.56. The molecule has 3 nitrogen and oxygen atoms in total. The smallest absolute Gasteiger partial charge is 0.239 e. The Bertz CT molecular complexity index is 268. The molecule has 0 aromatic rings. The molecule has 106 valence electrons. The predicted octanol–water partition coefficient (Wildman–Crippen LogP) is 2.51. The van der Waals surface area contributed by atoms with Gasteiger partial charge in [0.1, 0.15) is 0 Å². The first-order valence-electron chi connectivity index (χ1n) is 7.28. The lowest BCUT2D eigenvalue weighted by molar-refractivity contribution is -0.131. The number of likely N-dealkylation sites (N-methyl/N-ethyl adjacent to an activating group) is 1. The van der Waals surface area contributed by atoms with Crippen molar-refractivity contribution in [3.8, 4) is 0 Å². The largest absolute Gasteiger partial charge is 0.347 e. The topological polar surface area (TPSA) is 32.3 Å². The number of nitrogens with one attached hydrogen (secondary N) is 1. The third-order valence-electron chi connectivity index (χ3n) is 4.00. The first-order chi connectivity index (χ1) is 8.31. The van der Waals surface area contributed by atoms with Crippen molar-refractivity contribution in [2.75, 3.05) is 14.1 Å². The number of nitrogens with zero attached hydrogens (tertiary/aromatic N) is 1. The molecule has 0 aromatic heterocycles. The molecule has 3 heteroatoms. The van der Waals surface area contributed by atoms with Gasteiger partial charge in [0.2, 0.25) is 5.91 Å². The zero-order valence-electron chi connectivity index (χ0n) is 12.9. The first kappa shape index (κ1) is 15.5. The molecule has 1 rings (SSSR count). The van der Waals surface area contributed by atoms with Crippen molar-refractivity contribution in [2.45, 2.75) is 59.0 Å². The molecule has 1 saturated carbocycles. The normalized spacial score (nSPS) is 25.1. The van der Waals surface area contributed by atoms with Crippen LogP contribution >= 0.6 is 0 Å². The van der Waals surface area contributed by atoms with Crippen LogP contribution in [0.2, 0.25) is 0 Å². The highest BCUT2D eigenvalue weighted by molar-refractivity contribution is 5.81. The summed E-state index contributed by atoms with van der Waals surface area (Å²) in [4.78, 5) is 13.8. The monoisotopic (exact) mass is 254 g/mol. The molecule has 0 radical (unpaired) electrons. The lowest BCUT2D eigenvalue weighted by Gasteiger charge is -2.41. The summed E-state index contributed by atoms with van der Waals surface area (Å²) in [6.07, 6.45) is 3.39. The highest BCUT2D eigenvalue weighted by atomic mass is 16.2. The van der Waals surface area contributed by atoms with Gasteiger partial charge in [0.05, 0.1) is 6.04 Å². The Balaban J connectivity index is 2.45. The van der Waals surface area contributed by atoms with Gasteiger partial charge in [-0.15, -0.1) is 0 Å². The van der Waals surface area contributed by atoms with E-state index in [-0.39, 0.29) is 11.9 Å². The first-order valence-corrected chi connectivity index (χ1v) is 7.28. The number of carbonyl (C=O) groups is 1. The van der Waals surface area contributed by atoms with Crippen LogP contribution in [-0.4, -0.2) is 37.0 Å². The molecule has 1 fully saturated rings. The van der Waals surface area contributed by atoms with Crippen LogP contribution < -0.4 is 5.32 Å². The van der Waals surface area contributed by atoms with Gasteiger partial charge in [-0.3, -0.25) is 4.79 Å². The molecule has 1 aliphatic rings. The van der Waals surface area contributed by atoms with Crippen LogP contribution in [-0.2, 0) is 4.79 Å². The van der Waals surface area contributed by atoms with Gasteiger partial charge in [-0.1, -0.05) is 27.7 Å². The Labute approximate surface area is 112 Å². The van der Waals surface area contributed by atoms with E-state index in [0.29, 0.717) is 12.0 Å². The molecule has 1 N–H and O–H groups in total. The zero-order chi connectivity index (χ0) is 13.9. The van der Waals surface area contributed by atoms with Gasteiger partial charge < -0.3 is 10.2 Å². The van der Waals surface area contributed by atoms with Gasteiger partial charge in [-0.2, -0.15) is 0 Å². The van der Waals surface area contributed by atoms with Gasteiger partial charge in [0, 0.05) is 20.1 Å². The lowest BCUT2D eigenvalue weighted by atomic mass is 9.73. The second-order valence-electron chi connectivity index (χ2n) is 6.75. The van der Waals surface area contributed by atoms with E-state index in [9.17, 15) is 4.79 Å². The molecule has 0 heterocycles. The molecule has 0 saturated heterocycles. The quantitative estimate of drug-likeness (QED) is 0.790. The summed E-state index contributed by atoms with van der Waals surface area (Å²) in [5.74, 6) is 2.39.